The molecule has 1 aliphatic rings. The second kappa shape index (κ2) is 11.0. The van der Waals surface area contributed by atoms with Gasteiger partial charge in [0.2, 0.25) is 0 Å². The number of benzene rings is 2. The minimum atomic E-state index is -2.47. The quantitative estimate of drug-likeness (QED) is 0.480. The van der Waals surface area contributed by atoms with Crippen LogP contribution in [0.2, 0.25) is 0 Å². The number of pyridine rings is 1. The highest BCUT2D eigenvalue weighted by Crippen LogP contribution is 2.28. The SMILES string of the molecule is N#Cc1cccnc1N1CCCN(C(=O)c2ccccc2Nc2ccc(SC(F)F)cc2)CC1. The van der Waals surface area contributed by atoms with Crippen LogP contribution < -0.4 is 10.2 Å². The van der Waals surface area contributed by atoms with Crippen LogP contribution in [0.4, 0.5) is 26.0 Å². The molecule has 0 bridgehead atoms. The van der Waals surface area contributed by atoms with Crippen LogP contribution in [0.5, 0.6) is 0 Å². The van der Waals surface area contributed by atoms with Crippen molar-refractivity contribution in [3.05, 3.63) is 78.0 Å². The number of rotatable bonds is 6. The summed E-state index contributed by atoms with van der Waals surface area (Å²) in [5.74, 6) is -1.91. The van der Waals surface area contributed by atoms with Gasteiger partial charge in [-0.3, -0.25) is 4.79 Å². The van der Waals surface area contributed by atoms with E-state index in [0.29, 0.717) is 71.2 Å². The van der Waals surface area contributed by atoms with Gasteiger partial charge in [0.1, 0.15) is 11.9 Å². The van der Waals surface area contributed by atoms with E-state index in [1.165, 1.54) is 0 Å². The normalized spacial score (nSPS) is 13.9. The average molecular weight is 480 g/mol. The van der Waals surface area contributed by atoms with E-state index < -0.39 is 5.76 Å². The summed E-state index contributed by atoms with van der Waals surface area (Å²) in [6.07, 6.45) is 2.43. The summed E-state index contributed by atoms with van der Waals surface area (Å²) >= 11 is 0.495. The van der Waals surface area contributed by atoms with Crippen LogP contribution in [0.1, 0.15) is 22.3 Å². The van der Waals surface area contributed by atoms with Gasteiger partial charge in [-0.15, -0.1) is 0 Å². The first kappa shape index (κ1) is 23.5. The molecule has 1 fully saturated rings. The molecule has 0 unspecified atom stereocenters. The Hall–Kier alpha value is -3.64. The monoisotopic (exact) mass is 479 g/mol. The number of thioether (sulfide) groups is 1. The molecule has 0 spiro atoms. The number of nitrogens with zero attached hydrogens (tertiary/aromatic N) is 4. The first-order valence-electron chi connectivity index (χ1n) is 10.9. The first-order valence-corrected chi connectivity index (χ1v) is 11.7. The molecule has 2 aromatic carbocycles. The third-order valence-corrected chi connectivity index (χ3v) is 6.23. The van der Waals surface area contributed by atoms with Crippen LogP contribution in [-0.2, 0) is 0 Å². The van der Waals surface area contributed by atoms with Crippen molar-refractivity contribution in [2.45, 2.75) is 17.1 Å². The Kier molecular flexibility index (Phi) is 7.60. The van der Waals surface area contributed by atoms with E-state index >= 15 is 0 Å². The molecule has 9 heteroatoms. The lowest BCUT2D eigenvalue weighted by Crippen LogP contribution is -2.35. The number of anilines is 3. The van der Waals surface area contributed by atoms with E-state index in [2.05, 4.69) is 21.3 Å². The van der Waals surface area contributed by atoms with Crippen LogP contribution in [0.25, 0.3) is 0 Å². The average Bonchev–Trinajstić information content (AvgIpc) is 3.11. The molecule has 6 nitrogen and oxygen atoms in total. The molecule has 3 aromatic rings. The highest BCUT2D eigenvalue weighted by Gasteiger charge is 2.23. The van der Waals surface area contributed by atoms with Crippen molar-refractivity contribution < 1.29 is 13.6 Å². The molecule has 1 N–H and O–H groups in total. The molecular weight excluding hydrogens is 456 g/mol. The number of hydrogen-bond donors (Lipinski definition) is 1. The van der Waals surface area contributed by atoms with Crippen molar-refractivity contribution in [2.24, 2.45) is 0 Å². The van der Waals surface area contributed by atoms with E-state index in [4.69, 9.17) is 0 Å². The second-order valence-electron chi connectivity index (χ2n) is 7.69. The van der Waals surface area contributed by atoms with Crippen LogP contribution in [0, 0.1) is 11.3 Å². The summed E-state index contributed by atoms with van der Waals surface area (Å²) in [7, 11) is 0. The largest absolute Gasteiger partial charge is 0.355 e. The fraction of sp³-hybridized carbons (Fsp3) is 0.240. The first-order chi connectivity index (χ1) is 16.5. The zero-order chi connectivity index (χ0) is 23.9. The van der Waals surface area contributed by atoms with Crippen molar-refractivity contribution in [1.29, 1.82) is 5.26 Å². The topological polar surface area (TPSA) is 72.3 Å². The molecule has 0 saturated carbocycles. The smallest absolute Gasteiger partial charge is 0.288 e. The molecule has 4 rings (SSSR count). The molecule has 1 aliphatic heterocycles. The Morgan fingerprint density at radius 3 is 2.59 bits per heavy atom. The molecular formula is C25H23F2N5OS. The van der Waals surface area contributed by atoms with Gasteiger partial charge in [-0.05, 0) is 55.0 Å². The number of nitriles is 1. The van der Waals surface area contributed by atoms with Gasteiger partial charge in [0.15, 0.2) is 0 Å². The molecule has 0 aliphatic carbocycles. The van der Waals surface area contributed by atoms with E-state index in [9.17, 15) is 18.8 Å². The lowest BCUT2D eigenvalue weighted by Gasteiger charge is -2.24. The lowest BCUT2D eigenvalue weighted by atomic mass is 10.1. The Morgan fingerprint density at radius 2 is 1.82 bits per heavy atom. The van der Waals surface area contributed by atoms with Gasteiger partial charge in [-0.2, -0.15) is 14.0 Å². The number of alkyl halides is 2. The van der Waals surface area contributed by atoms with Crippen molar-refractivity contribution in [3.63, 3.8) is 0 Å². The van der Waals surface area contributed by atoms with Gasteiger partial charge in [0, 0.05) is 43.0 Å². The maximum absolute atomic E-state index is 13.4. The van der Waals surface area contributed by atoms with Crippen molar-refractivity contribution in [2.75, 3.05) is 36.4 Å². The Balaban J connectivity index is 1.47. The summed E-state index contributed by atoms with van der Waals surface area (Å²) in [6, 6.07) is 19.6. The summed E-state index contributed by atoms with van der Waals surface area (Å²) in [6.45, 7) is 2.39. The number of para-hydroxylation sites is 1. The summed E-state index contributed by atoms with van der Waals surface area (Å²) in [5.41, 5.74) is 2.42. The summed E-state index contributed by atoms with van der Waals surface area (Å²) in [4.78, 5) is 22.1. The number of carbonyl (C=O) groups is 1. The van der Waals surface area contributed by atoms with E-state index in [0.717, 1.165) is 6.42 Å². The molecule has 2 heterocycles. The van der Waals surface area contributed by atoms with E-state index in [1.807, 2.05) is 23.1 Å². The number of nitrogens with one attached hydrogen (secondary N) is 1. The van der Waals surface area contributed by atoms with Crippen molar-refractivity contribution in [3.8, 4) is 6.07 Å². The molecule has 1 saturated heterocycles. The van der Waals surface area contributed by atoms with Gasteiger partial charge in [0.25, 0.3) is 11.7 Å². The number of aromatic nitrogens is 1. The number of halogens is 2. The number of hydrogen-bond acceptors (Lipinski definition) is 6. The zero-order valence-electron chi connectivity index (χ0n) is 18.3. The maximum atomic E-state index is 13.4. The molecule has 0 radical (unpaired) electrons. The Labute approximate surface area is 201 Å². The standard InChI is InChI=1S/C25H23F2N5OS/c26-25(27)34-20-10-8-19(9-11-20)30-22-7-2-1-6-21(22)24(33)32-14-4-13-31(15-16-32)23-18(17-28)5-3-12-29-23/h1-3,5-12,25,30H,4,13-16H2. The van der Waals surface area contributed by atoms with Crippen LogP contribution >= 0.6 is 11.8 Å². The molecule has 174 valence electrons. The fourth-order valence-corrected chi connectivity index (χ4v) is 4.39. The Morgan fingerprint density at radius 1 is 1.03 bits per heavy atom. The molecule has 34 heavy (non-hydrogen) atoms. The fourth-order valence-electron chi connectivity index (χ4n) is 3.89. The van der Waals surface area contributed by atoms with Crippen LogP contribution in [0.3, 0.4) is 0 Å². The highest BCUT2D eigenvalue weighted by atomic mass is 32.2. The van der Waals surface area contributed by atoms with E-state index in [-0.39, 0.29) is 5.91 Å². The third-order valence-electron chi connectivity index (χ3n) is 5.51. The number of amides is 1. The van der Waals surface area contributed by atoms with Crippen LogP contribution in [-0.4, -0.2) is 47.7 Å². The van der Waals surface area contributed by atoms with Gasteiger partial charge in [-0.1, -0.05) is 23.9 Å². The zero-order valence-corrected chi connectivity index (χ0v) is 19.1. The maximum Gasteiger partial charge on any atom is 0.288 e. The Bertz CT molecular complexity index is 1180. The molecule has 1 amide bonds. The molecule has 0 atom stereocenters. The van der Waals surface area contributed by atoms with Crippen LogP contribution in [0.15, 0.2) is 71.8 Å². The minimum absolute atomic E-state index is 0.0867. The van der Waals surface area contributed by atoms with Crippen molar-refractivity contribution in [1.82, 2.24) is 9.88 Å². The van der Waals surface area contributed by atoms with Gasteiger partial charge in [-0.25, -0.2) is 4.98 Å². The van der Waals surface area contributed by atoms with Gasteiger partial charge in [0.05, 0.1) is 16.8 Å². The minimum Gasteiger partial charge on any atom is -0.355 e. The highest BCUT2D eigenvalue weighted by molar-refractivity contribution is 7.99. The predicted octanol–water partition coefficient (Wildman–Crippen LogP) is 5.36. The third kappa shape index (κ3) is 5.64. The predicted molar refractivity (Wildman–Crippen MR) is 130 cm³/mol. The lowest BCUT2D eigenvalue weighted by molar-refractivity contribution is 0.0768. The van der Waals surface area contributed by atoms with Crippen molar-refractivity contribution >= 4 is 34.9 Å². The second-order valence-corrected chi connectivity index (χ2v) is 8.76. The summed E-state index contributed by atoms with van der Waals surface area (Å²) in [5, 5.41) is 12.6. The van der Waals surface area contributed by atoms with Gasteiger partial charge >= 0.3 is 0 Å². The van der Waals surface area contributed by atoms with Gasteiger partial charge < -0.3 is 15.1 Å². The molecule has 1 aromatic heterocycles. The van der Waals surface area contributed by atoms with E-state index in [1.54, 1.807) is 48.7 Å². The summed E-state index contributed by atoms with van der Waals surface area (Å²) < 4.78 is 25.1. The number of carbonyl (C=O) groups excluding carboxylic acids is 1.